The molecule has 2 fully saturated rings. The number of nitrogens with one attached hydrogen (secondary N) is 1. The Morgan fingerprint density at radius 2 is 1.80 bits per heavy atom. The van der Waals surface area contributed by atoms with Crippen molar-refractivity contribution in [3.63, 3.8) is 0 Å². The standard InChI is InChI=1S/C22H26N2O/c25-22(24-14-6-12-21(24)17-7-2-1-3-8-17)19-10-4-9-18(15-19)20-11-5-13-23-16-20/h1-4,7-10,15,20-21,23H,5-6,11-14,16H2. The lowest BCUT2D eigenvalue weighted by Gasteiger charge is -2.26. The molecule has 1 N–H and O–H groups in total. The van der Waals surface area contributed by atoms with Gasteiger partial charge in [-0.1, -0.05) is 42.5 Å². The van der Waals surface area contributed by atoms with Crippen LogP contribution in [0.25, 0.3) is 0 Å². The highest BCUT2D eigenvalue weighted by Gasteiger charge is 2.30. The van der Waals surface area contributed by atoms with Crippen LogP contribution < -0.4 is 5.32 Å². The molecule has 2 aromatic carbocycles. The Kier molecular flexibility index (Phi) is 4.84. The summed E-state index contributed by atoms with van der Waals surface area (Å²) in [5, 5.41) is 3.47. The average molecular weight is 334 g/mol. The van der Waals surface area contributed by atoms with Crippen molar-refractivity contribution in [2.24, 2.45) is 0 Å². The van der Waals surface area contributed by atoms with Gasteiger partial charge < -0.3 is 10.2 Å². The van der Waals surface area contributed by atoms with Crippen molar-refractivity contribution in [3.05, 3.63) is 71.3 Å². The maximum Gasteiger partial charge on any atom is 0.254 e. The summed E-state index contributed by atoms with van der Waals surface area (Å²) in [4.78, 5) is 15.2. The molecule has 3 nitrogen and oxygen atoms in total. The van der Waals surface area contributed by atoms with Gasteiger partial charge in [0.15, 0.2) is 0 Å². The van der Waals surface area contributed by atoms with E-state index in [4.69, 9.17) is 0 Å². The van der Waals surface area contributed by atoms with E-state index in [2.05, 4.69) is 46.6 Å². The van der Waals surface area contributed by atoms with Crippen LogP contribution in [0.5, 0.6) is 0 Å². The van der Waals surface area contributed by atoms with Crippen molar-refractivity contribution in [1.82, 2.24) is 10.2 Å². The van der Waals surface area contributed by atoms with Crippen molar-refractivity contribution in [3.8, 4) is 0 Å². The number of hydrogen-bond donors (Lipinski definition) is 1. The highest BCUT2D eigenvalue weighted by atomic mass is 16.2. The van der Waals surface area contributed by atoms with E-state index in [9.17, 15) is 4.79 Å². The molecule has 0 radical (unpaired) electrons. The van der Waals surface area contributed by atoms with Crippen molar-refractivity contribution in [2.75, 3.05) is 19.6 Å². The minimum atomic E-state index is 0.178. The van der Waals surface area contributed by atoms with Gasteiger partial charge in [0.2, 0.25) is 0 Å². The predicted octanol–water partition coefficient (Wildman–Crippen LogP) is 4.13. The second-order valence-electron chi connectivity index (χ2n) is 7.24. The minimum Gasteiger partial charge on any atom is -0.332 e. The molecule has 25 heavy (non-hydrogen) atoms. The lowest BCUT2D eigenvalue weighted by molar-refractivity contribution is 0.0735. The molecule has 0 bridgehead atoms. The molecule has 3 heteroatoms. The summed E-state index contributed by atoms with van der Waals surface area (Å²) in [5.74, 6) is 0.710. The predicted molar refractivity (Wildman–Crippen MR) is 101 cm³/mol. The molecule has 0 aromatic heterocycles. The van der Waals surface area contributed by atoms with E-state index in [1.54, 1.807) is 0 Å². The van der Waals surface area contributed by atoms with Crippen LogP contribution in [0.2, 0.25) is 0 Å². The van der Waals surface area contributed by atoms with Crippen molar-refractivity contribution < 1.29 is 4.79 Å². The van der Waals surface area contributed by atoms with Gasteiger partial charge in [-0.2, -0.15) is 0 Å². The zero-order valence-electron chi connectivity index (χ0n) is 14.7. The van der Waals surface area contributed by atoms with Crippen LogP contribution >= 0.6 is 0 Å². The second kappa shape index (κ2) is 7.40. The van der Waals surface area contributed by atoms with Gasteiger partial charge in [-0.05, 0) is 61.4 Å². The van der Waals surface area contributed by atoms with E-state index in [0.717, 1.165) is 38.0 Å². The fourth-order valence-corrected chi connectivity index (χ4v) is 4.26. The molecule has 2 aromatic rings. The van der Waals surface area contributed by atoms with Gasteiger partial charge in [0.05, 0.1) is 6.04 Å². The van der Waals surface area contributed by atoms with Gasteiger partial charge in [-0.25, -0.2) is 0 Å². The maximum atomic E-state index is 13.2. The lowest BCUT2D eigenvalue weighted by Crippen LogP contribution is -2.31. The fraction of sp³-hybridized carbons (Fsp3) is 0.409. The molecule has 0 spiro atoms. The summed E-state index contributed by atoms with van der Waals surface area (Å²) in [7, 11) is 0. The van der Waals surface area contributed by atoms with Crippen molar-refractivity contribution in [2.45, 2.75) is 37.6 Å². The molecule has 2 aliphatic rings. The van der Waals surface area contributed by atoms with E-state index in [1.165, 1.54) is 24.0 Å². The van der Waals surface area contributed by atoms with Crippen LogP contribution in [0.15, 0.2) is 54.6 Å². The number of hydrogen-bond acceptors (Lipinski definition) is 2. The number of carbonyl (C=O) groups is 1. The highest BCUT2D eigenvalue weighted by Crippen LogP contribution is 2.33. The highest BCUT2D eigenvalue weighted by molar-refractivity contribution is 5.95. The van der Waals surface area contributed by atoms with E-state index >= 15 is 0 Å². The van der Waals surface area contributed by atoms with Gasteiger partial charge in [-0.3, -0.25) is 4.79 Å². The third kappa shape index (κ3) is 3.47. The summed E-state index contributed by atoms with van der Waals surface area (Å²) < 4.78 is 0. The Morgan fingerprint density at radius 1 is 0.960 bits per heavy atom. The number of benzene rings is 2. The van der Waals surface area contributed by atoms with Crippen molar-refractivity contribution >= 4 is 5.91 Å². The molecule has 2 saturated heterocycles. The second-order valence-corrected chi connectivity index (χ2v) is 7.24. The van der Waals surface area contributed by atoms with Crippen LogP contribution in [0.1, 0.15) is 59.1 Å². The number of piperidine rings is 1. The van der Waals surface area contributed by atoms with Crippen LogP contribution in [-0.4, -0.2) is 30.4 Å². The molecule has 2 aliphatic heterocycles. The van der Waals surface area contributed by atoms with Crippen LogP contribution in [-0.2, 0) is 0 Å². The monoisotopic (exact) mass is 334 g/mol. The van der Waals surface area contributed by atoms with Crippen molar-refractivity contribution in [1.29, 1.82) is 0 Å². The van der Waals surface area contributed by atoms with Crippen LogP contribution in [0.3, 0.4) is 0 Å². The van der Waals surface area contributed by atoms with Crippen LogP contribution in [0.4, 0.5) is 0 Å². The third-order valence-corrected chi connectivity index (χ3v) is 5.60. The average Bonchev–Trinajstić information content (AvgIpc) is 3.19. The molecule has 0 aliphatic carbocycles. The normalized spacial score (nSPS) is 23.6. The molecule has 2 atom stereocenters. The maximum absolute atomic E-state index is 13.2. The van der Waals surface area contributed by atoms with Gasteiger partial charge in [0, 0.05) is 18.7 Å². The molecular weight excluding hydrogens is 308 g/mol. The van der Waals surface area contributed by atoms with Gasteiger partial charge >= 0.3 is 0 Å². The Morgan fingerprint density at radius 3 is 2.60 bits per heavy atom. The number of likely N-dealkylation sites (tertiary alicyclic amines) is 1. The summed E-state index contributed by atoms with van der Waals surface area (Å²) in [6.45, 7) is 2.99. The molecular formula is C22H26N2O. The molecule has 4 rings (SSSR count). The Hall–Kier alpha value is -2.13. The fourth-order valence-electron chi connectivity index (χ4n) is 4.26. The quantitative estimate of drug-likeness (QED) is 0.915. The topological polar surface area (TPSA) is 32.3 Å². The largest absolute Gasteiger partial charge is 0.332 e. The molecule has 2 unspecified atom stereocenters. The first-order chi connectivity index (χ1) is 12.3. The zero-order valence-corrected chi connectivity index (χ0v) is 14.7. The van der Waals surface area contributed by atoms with Gasteiger partial charge in [0.25, 0.3) is 5.91 Å². The van der Waals surface area contributed by atoms with E-state index in [-0.39, 0.29) is 11.9 Å². The summed E-state index contributed by atoms with van der Waals surface area (Å²) >= 11 is 0. The third-order valence-electron chi connectivity index (χ3n) is 5.60. The number of amides is 1. The molecule has 130 valence electrons. The van der Waals surface area contributed by atoms with Gasteiger partial charge in [0.1, 0.15) is 0 Å². The molecule has 0 saturated carbocycles. The number of nitrogens with zero attached hydrogens (tertiary/aromatic N) is 1. The smallest absolute Gasteiger partial charge is 0.254 e. The van der Waals surface area contributed by atoms with Crippen LogP contribution in [0, 0.1) is 0 Å². The van der Waals surface area contributed by atoms with E-state index in [1.807, 2.05) is 18.2 Å². The van der Waals surface area contributed by atoms with Gasteiger partial charge in [-0.15, -0.1) is 0 Å². The summed E-state index contributed by atoms with van der Waals surface area (Å²) in [6.07, 6.45) is 4.56. The molecule has 1 amide bonds. The number of carbonyl (C=O) groups excluding carboxylic acids is 1. The van der Waals surface area contributed by atoms with E-state index < -0.39 is 0 Å². The first-order valence-electron chi connectivity index (χ1n) is 9.49. The first-order valence-corrected chi connectivity index (χ1v) is 9.49. The summed E-state index contributed by atoms with van der Waals surface area (Å²) in [6, 6.07) is 19.0. The minimum absolute atomic E-state index is 0.178. The Labute approximate surface area is 150 Å². The SMILES string of the molecule is O=C(c1cccc(C2CCCNC2)c1)N1CCCC1c1ccccc1. The Bertz CT molecular complexity index is 722. The number of rotatable bonds is 3. The lowest BCUT2D eigenvalue weighted by atomic mass is 9.90. The zero-order chi connectivity index (χ0) is 17.1. The first kappa shape index (κ1) is 16.3. The Balaban J connectivity index is 1.56. The van der Waals surface area contributed by atoms with E-state index in [0.29, 0.717) is 5.92 Å². The molecule has 2 heterocycles. The summed E-state index contributed by atoms with van der Waals surface area (Å²) in [5.41, 5.74) is 3.39.